The van der Waals surface area contributed by atoms with E-state index in [1.54, 1.807) is 24.5 Å². The maximum atomic E-state index is 12.0. The molecule has 0 aliphatic rings. The molecule has 138 valence electrons. The van der Waals surface area contributed by atoms with Crippen LogP contribution in [0, 0.1) is 17.2 Å². The van der Waals surface area contributed by atoms with Crippen molar-refractivity contribution in [1.82, 2.24) is 9.97 Å². The summed E-state index contributed by atoms with van der Waals surface area (Å²) < 4.78 is 0.796. The maximum absolute atomic E-state index is 12.0. The molecule has 3 rings (SSSR count). The first-order valence-corrected chi connectivity index (χ1v) is 9.64. The van der Waals surface area contributed by atoms with Gasteiger partial charge in [0.25, 0.3) is 0 Å². The second-order valence-electron chi connectivity index (χ2n) is 6.30. The smallest absolute Gasteiger partial charge is 0.307 e. The number of nitriles is 1. The number of carboxylic acids is 1. The molecule has 0 aliphatic heterocycles. The van der Waals surface area contributed by atoms with E-state index in [1.807, 2.05) is 25.1 Å². The number of rotatable bonds is 6. The Morgan fingerprint density at radius 1 is 1.37 bits per heavy atom. The van der Waals surface area contributed by atoms with Crippen LogP contribution in [-0.4, -0.2) is 21.0 Å². The van der Waals surface area contributed by atoms with Gasteiger partial charge >= 0.3 is 5.97 Å². The lowest BCUT2D eigenvalue weighted by atomic mass is 9.73. The van der Waals surface area contributed by atoms with Crippen molar-refractivity contribution in [2.24, 2.45) is 5.92 Å². The van der Waals surface area contributed by atoms with Crippen LogP contribution >= 0.6 is 27.5 Å². The van der Waals surface area contributed by atoms with Gasteiger partial charge in [0.1, 0.15) is 0 Å². The predicted octanol–water partition coefficient (Wildman–Crippen LogP) is 5.48. The summed E-state index contributed by atoms with van der Waals surface area (Å²) in [7, 11) is 0. The third-order valence-electron chi connectivity index (χ3n) is 4.83. The Bertz CT molecular complexity index is 1030. The van der Waals surface area contributed by atoms with Gasteiger partial charge in [-0.2, -0.15) is 5.26 Å². The van der Waals surface area contributed by atoms with Crippen molar-refractivity contribution in [2.45, 2.75) is 25.2 Å². The Morgan fingerprint density at radius 2 is 2.15 bits per heavy atom. The molecule has 2 aromatic carbocycles. The molecule has 0 amide bonds. The van der Waals surface area contributed by atoms with Crippen LogP contribution in [-0.2, 0) is 4.79 Å². The molecule has 0 radical (unpaired) electrons. The summed E-state index contributed by atoms with van der Waals surface area (Å²) in [4.78, 5) is 19.4. The van der Waals surface area contributed by atoms with Crippen LogP contribution in [0.1, 0.15) is 36.3 Å². The van der Waals surface area contributed by atoms with Gasteiger partial charge in [0.05, 0.1) is 35.3 Å². The molecule has 0 saturated heterocycles. The van der Waals surface area contributed by atoms with Gasteiger partial charge in [0, 0.05) is 15.4 Å². The fourth-order valence-electron chi connectivity index (χ4n) is 3.57. The minimum Gasteiger partial charge on any atom is -0.481 e. The number of hydrogen-bond donors (Lipinski definition) is 2. The van der Waals surface area contributed by atoms with Gasteiger partial charge in [0.2, 0.25) is 0 Å². The molecule has 27 heavy (non-hydrogen) atoms. The van der Waals surface area contributed by atoms with Crippen LogP contribution in [0.5, 0.6) is 0 Å². The Balaban J connectivity index is 2.24. The third kappa shape index (κ3) is 3.71. The van der Waals surface area contributed by atoms with E-state index in [0.29, 0.717) is 22.5 Å². The number of benzene rings is 2. The van der Waals surface area contributed by atoms with E-state index in [0.717, 1.165) is 15.6 Å². The SMILES string of the molecule is CCC(C(=O)O)C(c1cccc2[nH]cnc12)C(C#N)c1ccc(Br)cc1Cl. The summed E-state index contributed by atoms with van der Waals surface area (Å²) in [5.41, 5.74) is 2.82. The van der Waals surface area contributed by atoms with Crippen molar-refractivity contribution in [3.05, 3.63) is 63.3 Å². The van der Waals surface area contributed by atoms with Gasteiger partial charge in [-0.3, -0.25) is 4.79 Å². The molecule has 3 unspecified atom stereocenters. The van der Waals surface area contributed by atoms with Crippen molar-refractivity contribution in [2.75, 3.05) is 0 Å². The zero-order valence-corrected chi connectivity index (χ0v) is 16.8. The molecule has 0 aliphatic carbocycles. The number of aromatic nitrogens is 2. The topological polar surface area (TPSA) is 89.8 Å². The highest BCUT2D eigenvalue weighted by Gasteiger charge is 2.37. The van der Waals surface area contributed by atoms with E-state index >= 15 is 0 Å². The fourth-order valence-corrected chi connectivity index (χ4v) is 4.36. The Morgan fingerprint density at radius 3 is 2.78 bits per heavy atom. The minimum atomic E-state index is -0.941. The van der Waals surface area contributed by atoms with Crippen LogP contribution in [0.2, 0.25) is 5.02 Å². The third-order valence-corrected chi connectivity index (χ3v) is 5.65. The summed E-state index contributed by atoms with van der Waals surface area (Å²) in [6, 6.07) is 13.2. The lowest BCUT2D eigenvalue weighted by Crippen LogP contribution is -2.26. The number of hydrogen-bond acceptors (Lipinski definition) is 3. The molecule has 0 bridgehead atoms. The number of fused-ring (bicyclic) bond motifs is 1. The second-order valence-corrected chi connectivity index (χ2v) is 7.62. The van der Waals surface area contributed by atoms with Crippen molar-refractivity contribution >= 4 is 44.5 Å². The molecule has 3 aromatic rings. The summed E-state index contributed by atoms with van der Waals surface area (Å²) in [5.74, 6) is -3.02. The first-order valence-electron chi connectivity index (χ1n) is 8.47. The molecule has 3 atom stereocenters. The number of carbonyl (C=O) groups is 1. The molecule has 0 saturated carbocycles. The quantitative estimate of drug-likeness (QED) is 0.524. The Hall–Kier alpha value is -2.36. The second kappa shape index (κ2) is 8.12. The van der Waals surface area contributed by atoms with Crippen LogP contribution < -0.4 is 0 Å². The van der Waals surface area contributed by atoms with E-state index in [9.17, 15) is 15.2 Å². The number of aliphatic carboxylic acids is 1. The lowest BCUT2D eigenvalue weighted by Gasteiger charge is -2.28. The van der Waals surface area contributed by atoms with Gasteiger partial charge in [-0.15, -0.1) is 0 Å². The number of para-hydroxylation sites is 1. The highest BCUT2D eigenvalue weighted by atomic mass is 79.9. The number of aromatic amines is 1. The summed E-state index contributed by atoms with van der Waals surface area (Å²) in [5, 5.41) is 20.3. The molecular formula is C20H17BrClN3O2. The molecule has 5 nitrogen and oxygen atoms in total. The number of carboxylic acid groups (broad SMARTS) is 1. The van der Waals surface area contributed by atoms with Gasteiger partial charge in [-0.25, -0.2) is 4.98 Å². The molecule has 7 heteroatoms. The van der Waals surface area contributed by atoms with Crippen molar-refractivity contribution in [3.63, 3.8) is 0 Å². The zero-order valence-electron chi connectivity index (χ0n) is 14.5. The predicted molar refractivity (Wildman–Crippen MR) is 108 cm³/mol. The lowest BCUT2D eigenvalue weighted by molar-refractivity contribution is -0.142. The molecule has 1 aromatic heterocycles. The highest BCUT2D eigenvalue weighted by molar-refractivity contribution is 9.10. The average Bonchev–Trinajstić information content (AvgIpc) is 3.11. The van der Waals surface area contributed by atoms with Crippen molar-refractivity contribution in [3.8, 4) is 6.07 Å². The minimum absolute atomic E-state index is 0.382. The molecular weight excluding hydrogens is 430 g/mol. The van der Waals surface area contributed by atoms with E-state index in [2.05, 4.69) is 32.0 Å². The fraction of sp³-hybridized carbons (Fsp3) is 0.250. The van der Waals surface area contributed by atoms with Crippen molar-refractivity contribution in [1.29, 1.82) is 5.26 Å². The highest BCUT2D eigenvalue weighted by Crippen LogP contribution is 2.44. The summed E-state index contributed by atoms with van der Waals surface area (Å²) >= 11 is 9.78. The van der Waals surface area contributed by atoms with E-state index in [4.69, 9.17) is 11.6 Å². The Kier molecular flexibility index (Phi) is 5.83. The van der Waals surface area contributed by atoms with E-state index < -0.39 is 23.7 Å². The van der Waals surface area contributed by atoms with Crippen LogP contribution in [0.3, 0.4) is 0 Å². The number of imidazole rings is 1. The zero-order chi connectivity index (χ0) is 19.6. The average molecular weight is 447 g/mol. The van der Waals surface area contributed by atoms with Crippen molar-refractivity contribution < 1.29 is 9.90 Å². The molecule has 0 spiro atoms. The van der Waals surface area contributed by atoms with E-state index in [-0.39, 0.29) is 0 Å². The molecule has 2 N–H and O–H groups in total. The monoisotopic (exact) mass is 445 g/mol. The van der Waals surface area contributed by atoms with Gasteiger partial charge in [-0.1, -0.05) is 52.7 Å². The largest absolute Gasteiger partial charge is 0.481 e. The van der Waals surface area contributed by atoms with Crippen LogP contribution in [0.15, 0.2) is 47.2 Å². The standard InChI is InChI=1S/C20H17BrClN3O2/c1-2-12(20(26)27)18(14-4-3-5-17-19(14)25-10-24-17)15(9-23)13-7-6-11(21)8-16(13)22/h3-8,10,12,15,18H,2H2,1H3,(H,24,25)(H,26,27). The number of halogens is 2. The van der Waals surface area contributed by atoms with Crippen LogP contribution in [0.25, 0.3) is 11.0 Å². The van der Waals surface area contributed by atoms with Gasteiger partial charge in [0.15, 0.2) is 0 Å². The molecule has 0 fully saturated rings. The van der Waals surface area contributed by atoms with Gasteiger partial charge in [-0.05, 0) is 35.7 Å². The normalized spacial score (nSPS) is 14.4. The van der Waals surface area contributed by atoms with Crippen LogP contribution in [0.4, 0.5) is 0 Å². The summed E-state index contributed by atoms with van der Waals surface area (Å²) in [6.07, 6.45) is 1.95. The first kappa shape index (κ1) is 19.4. The van der Waals surface area contributed by atoms with Gasteiger partial charge < -0.3 is 10.1 Å². The number of nitrogens with one attached hydrogen (secondary N) is 1. The van der Waals surface area contributed by atoms with E-state index in [1.165, 1.54) is 0 Å². The number of nitrogens with zero attached hydrogens (tertiary/aromatic N) is 2. The Labute approximate surface area is 170 Å². The number of H-pyrrole nitrogens is 1. The summed E-state index contributed by atoms with van der Waals surface area (Å²) in [6.45, 7) is 1.81. The molecule has 1 heterocycles. The maximum Gasteiger partial charge on any atom is 0.307 e. The first-order chi connectivity index (χ1) is 13.0.